The van der Waals surface area contributed by atoms with Gasteiger partial charge in [0.25, 0.3) is 0 Å². The summed E-state index contributed by atoms with van der Waals surface area (Å²) >= 11 is 0. The van der Waals surface area contributed by atoms with Crippen molar-refractivity contribution in [1.82, 2.24) is 0 Å². The van der Waals surface area contributed by atoms with Gasteiger partial charge in [0.2, 0.25) is 0 Å². The van der Waals surface area contributed by atoms with E-state index in [1.807, 2.05) is 6.07 Å². The highest BCUT2D eigenvalue weighted by molar-refractivity contribution is 5.91. The molecule has 1 fully saturated rings. The Morgan fingerprint density at radius 3 is 2.46 bits per heavy atom. The van der Waals surface area contributed by atoms with Crippen molar-refractivity contribution in [3.8, 4) is 11.1 Å². The van der Waals surface area contributed by atoms with Crippen LogP contribution in [-0.4, -0.2) is 69.3 Å². The lowest BCUT2D eigenvalue weighted by atomic mass is 9.63. The number of methoxy groups -OCH3 is 1. The first-order chi connectivity index (χ1) is 13.3. The van der Waals surface area contributed by atoms with Crippen LogP contribution in [0.25, 0.3) is 11.1 Å². The van der Waals surface area contributed by atoms with Crippen LogP contribution in [0.3, 0.4) is 0 Å². The molecule has 0 saturated heterocycles. The quantitative estimate of drug-likeness (QED) is 0.298. The number of esters is 1. The van der Waals surface area contributed by atoms with Gasteiger partial charge in [-0.25, -0.2) is 4.79 Å². The minimum atomic E-state index is -2.07. The SMILES string of the molecule is COC(=O)c1cccc(-c2ccc(NC(O)C3(O)C(O)C(O)C3CO)cc2)c1. The van der Waals surface area contributed by atoms with Crippen LogP contribution in [0.1, 0.15) is 10.4 Å². The Kier molecular flexibility index (Phi) is 5.69. The molecular weight excluding hydrogens is 366 g/mol. The lowest BCUT2D eigenvalue weighted by Crippen LogP contribution is -2.76. The van der Waals surface area contributed by atoms with Gasteiger partial charge in [0.05, 0.1) is 25.4 Å². The van der Waals surface area contributed by atoms with Crippen LogP contribution in [0.5, 0.6) is 0 Å². The molecule has 8 heteroatoms. The van der Waals surface area contributed by atoms with Crippen molar-refractivity contribution < 1.29 is 35.1 Å². The van der Waals surface area contributed by atoms with Gasteiger partial charge in [0, 0.05) is 11.6 Å². The van der Waals surface area contributed by atoms with Crippen molar-refractivity contribution in [2.24, 2.45) is 5.92 Å². The third-order valence-electron chi connectivity index (χ3n) is 5.24. The maximum Gasteiger partial charge on any atom is 0.337 e. The molecule has 1 aliphatic carbocycles. The summed E-state index contributed by atoms with van der Waals surface area (Å²) in [4.78, 5) is 11.7. The van der Waals surface area contributed by atoms with Crippen LogP contribution in [-0.2, 0) is 4.74 Å². The van der Waals surface area contributed by atoms with E-state index in [9.17, 15) is 30.3 Å². The van der Waals surface area contributed by atoms with Crippen LogP contribution >= 0.6 is 0 Å². The number of rotatable bonds is 6. The molecule has 5 atom stereocenters. The molecule has 0 spiro atoms. The fraction of sp³-hybridized carbons (Fsp3) is 0.350. The van der Waals surface area contributed by atoms with Gasteiger partial charge in [-0.1, -0.05) is 24.3 Å². The standard InChI is InChI=1S/C20H23NO7/c1-28-18(25)13-4-2-3-12(9-13)11-5-7-14(8-6-11)21-19(26)20(27)15(10-22)16(23)17(20)24/h2-9,15-17,19,21-24,26-27H,10H2,1H3. The highest BCUT2D eigenvalue weighted by atomic mass is 16.5. The first-order valence-corrected chi connectivity index (χ1v) is 8.75. The number of hydrogen-bond acceptors (Lipinski definition) is 8. The molecule has 0 bridgehead atoms. The number of carbonyl (C=O) groups excluding carboxylic acids is 1. The van der Waals surface area contributed by atoms with Gasteiger partial charge in [-0.05, 0) is 35.4 Å². The number of carbonyl (C=O) groups is 1. The number of ether oxygens (including phenoxy) is 1. The fourth-order valence-corrected chi connectivity index (χ4v) is 3.46. The van der Waals surface area contributed by atoms with Gasteiger partial charge in [-0.3, -0.25) is 0 Å². The van der Waals surface area contributed by atoms with Gasteiger partial charge in [-0.2, -0.15) is 0 Å². The van der Waals surface area contributed by atoms with Crippen LogP contribution in [0, 0.1) is 5.92 Å². The van der Waals surface area contributed by atoms with E-state index in [-0.39, 0.29) is 0 Å². The normalized spacial score (nSPS) is 27.6. The third kappa shape index (κ3) is 3.36. The summed E-state index contributed by atoms with van der Waals surface area (Å²) in [6.45, 7) is -0.580. The van der Waals surface area contributed by atoms with Gasteiger partial charge in [-0.15, -0.1) is 0 Å². The Morgan fingerprint density at radius 1 is 1.18 bits per heavy atom. The average molecular weight is 389 g/mol. The van der Waals surface area contributed by atoms with E-state index in [0.717, 1.165) is 11.1 Å². The summed E-state index contributed by atoms with van der Waals surface area (Å²) in [7, 11) is 1.31. The van der Waals surface area contributed by atoms with Crippen LogP contribution in [0.4, 0.5) is 5.69 Å². The summed E-state index contributed by atoms with van der Waals surface area (Å²) in [6.07, 6.45) is -4.49. The predicted molar refractivity (Wildman–Crippen MR) is 100 cm³/mol. The van der Waals surface area contributed by atoms with Gasteiger partial charge >= 0.3 is 5.97 Å². The van der Waals surface area contributed by atoms with E-state index >= 15 is 0 Å². The molecule has 1 saturated carbocycles. The lowest BCUT2D eigenvalue weighted by Gasteiger charge is -2.54. The van der Waals surface area contributed by atoms with Gasteiger partial charge < -0.3 is 35.6 Å². The van der Waals surface area contributed by atoms with E-state index in [0.29, 0.717) is 11.3 Å². The van der Waals surface area contributed by atoms with E-state index in [1.165, 1.54) is 7.11 Å². The molecule has 1 aliphatic rings. The minimum absolute atomic E-state index is 0.424. The van der Waals surface area contributed by atoms with Crippen molar-refractivity contribution in [3.05, 3.63) is 54.1 Å². The average Bonchev–Trinajstić information content (AvgIpc) is 2.73. The summed E-state index contributed by atoms with van der Waals surface area (Å²) in [5.41, 5.74) is 0.427. The first kappa shape index (κ1) is 20.2. The Morgan fingerprint density at radius 2 is 1.86 bits per heavy atom. The van der Waals surface area contributed by atoms with Gasteiger partial charge in [0.1, 0.15) is 11.7 Å². The number of nitrogens with one attached hydrogen (secondary N) is 1. The molecule has 0 aliphatic heterocycles. The molecule has 0 radical (unpaired) electrons. The maximum absolute atomic E-state index is 11.7. The minimum Gasteiger partial charge on any atom is -0.465 e. The maximum atomic E-state index is 11.7. The Bertz CT molecular complexity index is 841. The molecule has 2 aromatic rings. The Balaban J connectivity index is 1.74. The van der Waals surface area contributed by atoms with E-state index in [2.05, 4.69) is 5.32 Å². The van der Waals surface area contributed by atoms with Gasteiger partial charge in [0.15, 0.2) is 6.23 Å². The Hall–Kier alpha value is -2.49. The smallest absolute Gasteiger partial charge is 0.337 e. The second-order valence-electron chi connectivity index (χ2n) is 6.81. The predicted octanol–water partition coefficient (Wildman–Crippen LogP) is -0.0545. The second kappa shape index (κ2) is 7.86. The van der Waals surface area contributed by atoms with E-state index in [1.54, 1.807) is 42.5 Å². The van der Waals surface area contributed by atoms with Crippen LogP contribution < -0.4 is 5.32 Å². The summed E-state index contributed by atoms with van der Waals surface area (Å²) in [6, 6.07) is 13.7. The molecular formula is C20H23NO7. The Labute approximate surface area is 161 Å². The number of aliphatic hydroxyl groups excluding tert-OH is 4. The zero-order valence-electron chi connectivity index (χ0n) is 15.2. The van der Waals surface area contributed by atoms with Crippen molar-refractivity contribution in [3.63, 3.8) is 0 Å². The molecule has 150 valence electrons. The molecule has 8 nitrogen and oxygen atoms in total. The van der Waals surface area contributed by atoms with E-state index in [4.69, 9.17) is 4.74 Å². The van der Waals surface area contributed by atoms with Crippen molar-refractivity contribution in [2.75, 3.05) is 19.0 Å². The monoisotopic (exact) mass is 389 g/mol. The van der Waals surface area contributed by atoms with Crippen molar-refractivity contribution >= 4 is 11.7 Å². The number of benzene rings is 2. The summed E-state index contributed by atoms with van der Waals surface area (Å²) in [5, 5.41) is 52.1. The van der Waals surface area contributed by atoms with E-state index < -0.39 is 42.5 Å². The van der Waals surface area contributed by atoms with Crippen molar-refractivity contribution in [1.29, 1.82) is 0 Å². The highest BCUT2D eigenvalue weighted by Gasteiger charge is 2.64. The first-order valence-electron chi connectivity index (χ1n) is 8.75. The zero-order valence-corrected chi connectivity index (χ0v) is 15.2. The third-order valence-corrected chi connectivity index (χ3v) is 5.24. The zero-order chi connectivity index (χ0) is 20.5. The summed E-state index contributed by atoms with van der Waals surface area (Å²) < 4.78 is 4.72. The highest BCUT2D eigenvalue weighted by Crippen LogP contribution is 2.41. The largest absolute Gasteiger partial charge is 0.465 e. The molecule has 0 aromatic heterocycles. The topological polar surface area (TPSA) is 139 Å². The van der Waals surface area contributed by atoms with Crippen molar-refractivity contribution in [2.45, 2.75) is 24.0 Å². The molecule has 0 heterocycles. The lowest BCUT2D eigenvalue weighted by molar-refractivity contribution is -0.296. The number of aliphatic hydroxyl groups is 5. The molecule has 6 N–H and O–H groups in total. The number of anilines is 1. The molecule has 28 heavy (non-hydrogen) atoms. The fourth-order valence-electron chi connectivity index (χ4n) is 3.46. The van der Waals surface area contributed by atoms with Crippen LogP contribution in [0.15, 0.2) is 48.5 Å². The second-order valence-corrected chi connectivity index (χ2v) is 6.81. The molecule has 5 unspecified atom stereocenters. The number of hydrogen-bond donors (Lipinski definition) is 6. The molecule has 0 amide bonds. The summed E-state index contributed by atoms with van der Waals surface area (Å²) in [5.74, 6) is -1.50. The molecule has 2 aromatic carbocycles. The molecule has 3 rings (SSSR count). The van der Waals surface area contributed by atoms with Crippen LogP contribution in [0.2, 0.25) is 0 Å².